The van der Waals surface area contributed by atoms with Gasteiger partial charge in [0.05, 0.1) is 5.75 Å². The van der Waals surface area contributed by atoms with Gasteiger partial charge in [0.15, 0.2) is 14.6 Å². The van der Waals surface area contributed by atoms with Crippen molar-refractivity contribution < 1.29 is 18.4 Å². The van der Waals surface area contributed by atoms with Gasteiger partial charge in [-0.1, -0.05) is 101 Å². The van der Waals surface area contributed by atoms with Crippen LogP contribution in [0.5, 0.6) is 0 Å². The smallest absolute Gasteiger partial charge is 0.270 e. The van der Waals surface area contributed by atoms with Crippen molar-refractivity contribution in [2.45, 2.75) is 88.1 Å². The van der Waals surface area contributed by atoms with E-state index < -0.39 is 20.5 Å². The third kappa shape index (κ3) is 6.94. The van der Waals surface area contributed by atoms with Crippen molar-refractivity contribution >= 4 is 15.7 Å². The Labute approximate surface area is 192 Å². The second kappa shape index (κ2) is 13.4. The normalized spacial score (nSPS) is 13.6. The van der Waals surface area contributed by atoms with Gasteiger partial charge in [-0.15, -0.1) is 0 Å². The Bertz CT molecular complexity index is 882. The standard InChI is InChI=1S/C25H38N2O4S/c1-2-3-4-5-6-7-8-9-10-14-19-25(24(28)27-29,23-18-15-20-26-23)32(30,31)21-22-16-12-11-13-17-22/h11-13,15-18,20,26,29H,2-10,14,19,21H2,1H3,(H,27,28). The highest BCUT2D eigenvalue weighted by molar-refractivity contribution is 7.92. The van der Waals surface area contributed by atoms with Crippen LogP contribution in [0.3, 0.4) is 0 Å². The molecule has 0 aliphatic carbocycles. The lowest BCUT2D eigenvalue weighted by atomic mass is 9.95. The number of sulfone groups is 1. The van der Waals surface area contributed by atoms with Crippen LogP contribution in [0, 0.1) is 0 Å². The molecular weight excluding hydrogens is 424 g/mol. The van der Waals surface area contributed by atoms with Crippen LogP contribution in [0.4, 0.5) is 0 Å². The summed E-state index contributed by atoms with van der Waals surface area (Å²) in [5.41, 5.74) is 2.53. The van der Waals surface area contributed by atoms with Gasteiger partial charge >= 0.3 is 0 Å². The van der Waals surface area contributed by atoms with E-state index in [4.69, 9.17) is 0 Å². The van der Waals surface area contributed by atoms with E-state index in [1.807, 2.05) is 6.07 Å². The minimum atomic E-state index is -3.98. The zero-order valence-corrected chi connectivity index (χ0v) is 20.0. The average molecular weight is 463 g/mol. The van der Waals surface area contributed by atoms with E-state index >= 15 is 0 Å². The van der Waals surface area contributed by atoms with Crippen LogP contribution in [0.2, 0.25) is 0 Å². The molecular formula is C25H38N2O4S. The Balaban J connectivity index is 2.08. The summed E-state index contributed by atoms with van der Waals surface area (Å²) in [6, 6.07) is 12.1. The number of unbranched alkanes of at least 4 members (excludes halogenated alkanes) is 9. The number of hydroxylamine groups is 1. The number of carbonyl (C=O) groups is 1. The molecule has 0 radical (unpaired) electrons. The van der Waals surface area contributed by atoms with Gasteiger partial charge in [-0.05, 0) is 24.1 Å². The lowest BCUT2D eigenvalue weighted by molar-refractivity contribution is -0.132. The van der Waals surface area contributed by atoms with Crippen LogP contribution in [-0.4, -0.2) is 24.5 Å². The van der Waals surface area contributed by atoms with Crippen molar-refractivity contribution in [3.05, 3.63) is 59.9 Å². The zero-order chi connectivity index (χ0) is 23.3. The maximum atomic E-state index is 13.6. The fraction of sp³-hybridized carbons (Fsp3) is 0.560. The van der Waals surface area contributed by atoms with Crippen molar-refractivity contribution in [2.75, 3.05) is 0 Å². The summed E-state index contributed by atoms with van der Waals surface area (Å²) in [7, 11) is -3.98. The molecule has 1 aromatic heterocycles. The van der Waals surface area contributed by atoms with Crippen LogP contribution in [0.15, 0.2) is 48.7 Å². The highest BCUT2D eigenvalue weighted by atomic mass is 32.2. The summed E-state index contributed by atoms with van der Waals surface area (Å²) in [4.78, 5) is 15.8. The molecule has 0 bridgehead atoms. The first-order valence-electron chi connectivity index (χ1n) is 11.8. The highest BCUT2D eigenvalue weighted by Crippen LogP contribution is 2.38. The first-order valence-corrected chi connectivity index (χ1v) is 13.5. The predicted octanol–water partition coefficient (Wildman–Crippen LogP) is 5.64. The molecule has 6 nitrogen and oxygen atoms in total. The molecule has 0 aliphatic heterocycles. The second-order valence-electron chi connectivity index (χ2n) is 8.53. The quantitative estimate of drug-likeness (QED) is 0.171. The van der Waals surface area contributed by atoms with Gasteiger partial charge in [-0.25, -0.2) is 13.9 Å². The third-order valence-corrected chi connectivity index (χ3v) is 8.50. The monoisotopic (exact) mass is 462 g/mol. The largest absolute Gasteiger partial charge is 0.363 e. The molecule has 0 spiro atoms. The Morgan fingerprint density at radius 3 is 2.03 bits per heavy atom. The van der Waals surface area contributed by atoms with E-state index in [1.165, 1.54) is 38.5 Å². The molecule has 0 fully saturated rings. The van der Waals surface area contributed by atoms with Crippen molar-refractivity contribution in [2.24, 2.45) is 0 Å². The molecule has 2 rings (SSSR count). The Hall–Kier alpha value is -2.12. The lowest BCUT2D eigenvalue weighted by Gasteiger charge is -2.30. The number of H-pyrrole nitrogens is 1. The van der Waals surface area contributed by atoms with Gasteiger partial charge in [0, 0.05) is 11.9 Å². The fourth-order valence-corrected chi connectivity index (χ4v) is 6.41. The van der Waals surface area contributed by atoms with Crippen molar-refractivity contribution in [1.29, 1.82) is 0 Å². The number of nitrogens with one attached hydrogen (secondary N) is 2. The molecule has 3 N–H and O–H groups in total. The predicted molar refractivity (Wildman–Crippen MR) is 128 cm³/mol. The lowest BCUT2D eigenvalue weighted by Crippen LogP contribution is -2.50. The number of aromatic nitrogens is 1. The number of aromatic amines is 1. The van der Waals surface area contributed by atoms with Crippen molar-refractivity contribution in [1.82, 2.24) is 10.5 Å². The molecule has 0 saturated heterocycles. The molecule has 1 aromatic carbocycles. The molecule has 1 heterocycles. The number of hydrogen-bond acceptors (Lipinski definition) is 4. The summed E-state index contributed by atoms with van der Waals surface area (Å²) in [6.07, 6.45) is 12.8. The summed E-state index contributed by atoms with van der Waals surface area (Å²) in [5.74, 6) is -1.19. The first kappa shape index (κ1) is 26.1. The van der Waals surface area contributed by atoms with E-state index in [-0.39, 0.29) is 17.9 Å². The first-order chi connectivity index (χ1) is 15.5. The SMILES string of the molecule is CCCCCCCCCCCCC(C(=O)NO)(c1ccc[nH]1)S(=O)(=O)Cc1ccccc1. The molecule has 1 unspecified atom stereocenters. The van der Waals surface area contributed by atoms with Gasteiger partial charge < -0.3 is 4.98 Å². The van der Waals surface area contributed by atoms with Crippen LogP contribution >= 0.6 is 0 Å². The van der Waals surface area contributed by atoms with Gasteiger partial charge in [0.2, 0.25) is 0 Å². The van der Waals surface area contributed by atoms with E-state index in [0.29, 0.717) is 12.0 Å². The minimum absolute atomic E-state index is 0.117. The molecule has 7 heteroatoms. The molecule has 2 aromatic rings. The fourth-order valence-electron chi connectivity index (χ4n) is 4.28. The maximum Gasteiger partial charge on any atom is 0.270 e. The number of hydrogen-bond donors (Lipinski definition) is 3. The topological polar surface area (TPSA) is 99.3 Å². The van der Waals surface area contributed by atoms with Crippen molar-refractivity contribution in [3.8, 4) is 0 Å². The second-order valence-corrected chi connectivity index (χ2v) is 10.7. The molecule has 178 valence electrons. The van der Waals surface area contributed by atoms with E-state index in [0.717, 1.165) is 19.3 Å². The molecule has 1 atom stereocenters. The molecule has 32 heavy (non-hydrogen) atoms. The summed E-state index contributed by atoms with van der Waals surface area (Å²) >= 11 is 0. The summed E-state index contributed by atoms with van der Waals surface area (Å²) in [6.45, 7) is 2.21. The molecule has 0 aliphatic rings. The van der Waals surface area contributed by atoms with Crippen LogP contribution in [0.1, 0.15) is 88.8 Å². The average Bonchev–Trinajstić information content (AvgIpc) is 3.32. The molecule has 1 amide bonds. The maximum absolute atomic E-state index is 13.6. The Morgan fingerprint density at radius 2 is 1.50 bits per heavy atom. The van der Waals surface area contributed by atoms with E-state index in [2.05, 4.69) is 11.9 Å². The summed E-state index contributed by atoms with van der Waals surface area (Å²) in [5, 5.41) is 9.48. The van der Waals surface area contributed by atoms with Crippen LogP contribution in [-0.2, 0) is 25.1 Å². The van der Waals surface area contributed by atoms with Gasteiger partial charge in [-0.2, -0.15) is 0 Å². The van der Waals surface area contributed by atoms with Crippen LogP contribution in [0.25, 0.3) is 0 Å². The summed E-state index contributed by atoms with van der Waals surface area (Å²) < 4.78 is 25.4. The number of rotatable bonds is 16. The Kier molecular flexibility index (Phi) is 11.0. The van der Waals surface area contributed by atoms with Gasteiger partial charge in [0.1, 0.15) is 0 Å². The van der Waals surface area contributed by atoms with E-state index in [9.17, 15) is 18.4 Å². The third-order valence-electron chi connectivity index (χ3n) is 6.11. The minimum Gasteiger partial charge on any atom is -0.363 e. The van der Waals surface area contributed by atoms with E-state index in [1.54, 1.807) is 48.1 Å². The number of carbonyl (C=O) groups excluding carboxylic acids is 1. The van der Waals surface area contributed by atoms with Crippen LogP contribution < -0.4 is 5.48 Å². The number of amides is 1. The zero-order valence-electron chi connectivity index (χ0n) is 19.2. The number of benzene rings is 1. The Morgan fingerprint density at radius 1 is 0.906 bits per heavy atom. The van der Waals surface area contributed by atoms with Gasteiger partial charge in [0.25, 0.3) is 5.91 Å². The van der Waals surface area contributed by atoms with Crippen molar-refractivity contribution in [3.63, 3.8) is 0 Å². The molecule has 0 saturated carbocycles. The highest BCUT2D eigenvalue weighted by Gasteiger charge is 2.52. The van der Waals surface area contributed by atoms with Gasteiger partial charge in [-0.3, -0.25) is 10.0 Å².